The van der Waals surface area contributed by atoms with Crippen LogP contribution in [-0.4, -0.2) is 4.98 Å². The van der Waals surface area contributed by atoms with Gasteiger partial charge in [0.15, 0.2) is 0 Å². The van der Waals surface area contributed by atoms with Crippen molar-refractivity contribution in [3.63, 3.8) is 0 Å². The Bertz CT molecular complexity index is 492. The molecule has 1 heterocycles. The summed E-state index contributed by atoms with van der Waals surface area (Å²) in [4.78, 5) is 3.72. The van der Waals surface area contributed by atoms with Crippen LogP contribution in [-0.2, 0) is 0 Å². The van der Waals surface area contributed by atoms with E-state index in [1.165, 1.54) is 0 Å². The van der Waals surface area contributed by atoms with Crippen molar-refractivity contribution in [2.45, 2.75) is 25.5 Å². The predicted octanol–water partition coefficient (Wildman–Crippen LogP) is 3.09. The molecule has 1 aromatic rings. The molecule has 10 heavy (non-hydrogen) atoms. The Labute approximate surface area is 83.9 Å². The monoisotopic (exact) mass is 225 g/mol. The summed E-state index contributed by atoms with van der Waals surface area (Å²) in [5.74, 6) is -2.14. The van der Waals surface area contributed by atoms with Crippen molar-refractivity contribution in [1.29, 1.82) is 0 Å². The number of nitrogens with zero attached hydrogens (tertiary/aromatic N) is 1. The minimum absolute atomic E-state index is 0.0209. The molecular weight excluding hydrogens is 210 g/mol. The van der Waals surface area contributed by atoms with E-state index in [2.05, 4.69) is 20.9 Å². The Morgan fingerprint density at radius 3 is 3.30 bits per heavy atom. The normalized spacial score (nSPS) is 44.1. The molecule has 2 rings (SSSR count). The highest BCUT2D eigenvalue weighted by atomic mass is 79.9. The lowest BCUT2D eigenvalue weighted by atomic mass is 10.5. The summed E-state index contributed by atoms with van der Waals surface area (Å²) in [5.41, 5.74) is 0. The molecule has 1 aromatic heterocycles. The maximum absolute atomic E-state index is 7.90. The fourth-order valence-electron chi connectivity index (χ4n) is 0.547. The molecule has 1 fully saturated rings. The fraction of sp³-hybridized carbons (Fsp3) is 0.571. The van der Waals surface area contributed by atoms with Crippen LogP contribution < -0.4 is 0 Å². The van der Waals surface area contributed by atoms with Crippen LogP contribution in [0.4, 0.5) is 0 Å². The molecule has 3 heteroatoms. The standard InChI is InChI=1S/C7H8BrNS/c1-4-6(8)9-7(10-4)5-2-3-5/h5H,2-3H2,1H3/i1D3,2D2,3D2,5D. The number of hydrogen-bond acceptors (Lipinski definition) is 2. The van der Waals surface area contributed by atoms with Crippen LogP contribution in [0.25, 0.3) is 0 Å². The Hall–Kier alpha value is 0.110. The number of hydrogen-bond donors (Lipinski definition) is 0. The lowest BCUT2D eigenvalue weighted by Crippen LogP contribution is -1.72. The molecule has 1 aliphatic carbocycles. The van der Waals surface area contributed by atoms with Gasteiger partial charge in [-0.05, 0) is 35.5 Å². The third-order valence-electron chi connectivity index (χ3n) is 1.05. The lowest BCUT2D eigenvalue weighted by Gasteiger charge is -1.81. The van der Waals surface area contributed by atoms with Crippen LogP contribution in [0.2, 0.25) is 0 Å². The second-order valence-electron chi connectivity index (χ2n) is 1.76. The van der Waals surface area contributed by atoms with Gasteiger partial charge in [-0.3, -0.25) is 0 Å². The molecule has 54 valence electrons. The Morgan fingerprint density at radius 1 is 2.00 bits per heavy atom. The SMILES string of the molecule is [2H]C([2H])([2H])c1sc(C2([2H])C([2H])([2H])C2([2H])[2H])nc1Br. The van der Waals surface area contributed by atoms with Crippen molar-refractivity contribution in [3.8, 4) is 0 Å². The number of halogens is 1. The molecule has 0 radical (unpaired) electrons. The van der Waals surface area contributed by atoms with E-state index in [0.717, 1.165) is 0 Å². The first-order chi connectivity index (χ1) is 7.87. The highest BCUT2D eigenvalue weighted by molar-refractivity contribution is 9.10. The van der Waals surface area contributed by atoms with Crippen LogP contribution in [0, 0.1) is 6.85 Å². The van der Waals surface area contributed by atoms with Gasteiger partial charge in [-0.1, -0.05) is 0 Å². The van der Waals surface area contributed by atoms with Crippen molar-refractivity contribution in [2.75, 3.05) is 0 Å². The van der Waals surface area contributed by atoms with E-state index in [4.69, 9.17) is 11.0 Å². The maximum atomic E-state index is 7.90. The van der Waals surface area contributed by atoms with Crippen molar-refractivity contribution in [2.24, 2.45) is 0 Å². The summed E-state index contributed by atoms with van der Waals surface area (Å²) < 4.78 is 59.7. The van der Waals surface area contributed by atoms with E-state index >= 15 is 0 Å². The second-order valence-corrected chi connectivity index (χ2v) is 3.51. The zero-order valence-corrected chi connectivity index (χ0v) is 7.14. The van der Waals surface area contributed by atoms with Crippen LogP contribution >= 0.6 is 27.3 Å². The first kappa shape index (κ1) is 2.30. The Kier molecular flexibility index (Phi) is 0.530. The molecule has 0 spiro atoms. The van der Waals surface area contributed by atoms with E-state index in [9.17, 15) is 0 Å². The summed E-state index contributed by atoms with van der Waals surface area (Å²) in [6, 6.07) is 0. The Morgan fingerprint density at radius 2 is 2.80 bits per heavy atom. The molecule has 1 saturated carbocycles. The van der Waals surface area contributed by atoms with E-state index in [1.54, 1.807) is 0 Å². The summed E-state index contributed by atoms with van der Waals surface area (Å²) >= 11 is 3.61. The number of rotatable bonds is 1. The minimum atomic E-state index is -2.42. The van der Waals surface area contributed by atoms with Gasteiger partial charge in [0.2, 0.25) is 0 Å². The quantitative estimate of drug-likeness (QED) is 0.717. The van der Waals surface area contributed by atoms with Crippen LogP contribution in [0.1, 0.15) is 39.5 Å². The van der Waals surface area contributed by atoms with Gasteiger partial charge in [-0.25, -0.2) is 4.98 Å². The van der Waals surface area contributed by atoms with Gasteiger partial charge in [-0.15, -0.1) is 11.3 Å². The van der Waals surface area contributed by atoms with E-state index < -0.39 is 25.5 Å². The lowest BCUT2D eigenvalue weighted by molar-refractivity contribution is 1.07. The molecule has 1 nitrogen and oxygen atoms in total. The van der Waals surface area contributed by atoms with Gasteiger partial charge in [0.1, 0.15) is 4.60 Å². The molecule has 0 bridgehead atoms. The molecule has 0 saturated heterocycles. The van der Waals surface area contributed by atoms with Crippen molar-refractivity contribution in [1.82, 2.24) is 4.98 Å². The third-order valence-corrected chi connectivity index (χ3v) is 2.77. The molecule has 0 aromatic carbocycles. The third kappa shape index (κ3) is 1.12. The first-order valence-electron chi connectivity index (χ1n) is 6.54. The van der Waals surface area contributed by atoms with Gasteiger partial charge in [0.25, 0.3) is 0 Å². The molecule has 0 amide bonds. The van der Waals surface area contributed by atoms with E-state index in [1.807, 2.05) is 0 Å². The maximum Gasteiger partial charge on any atom is 0.120 e. The number of aromatic nitrogens is 1. The fourth-order valence-corrected chi connectivity index (χ4v) is 1.75. The first-order valence-corrected chi connectivity index (χ1v) is 4.15. The van der Waals surface area contributed by atoms with Crippen molar-refractivity contribution >= 4 is 27.3 Å². The van der Waals surface area contributed by atoms with Gasteiger partial charge in [0.05, 0.1) is 5.01 Å². The topological polar surface area (TPSA) is 12.9 Å². The molecule has 0 atom stereocenters. The average molecular weight is 226 g/mol. The molecule has 0 unspecified atom stereocenters. The van der Waals surface area contributed by atoms with Crippen LogP contribution in [0.5, 0.6) is 0 Å². The van der Waals surface area contributed by atoms with Gasteiger partial charge < -0.3 is 0 Å². The van der Waals surface area contributed by atoms with Gasteiger partial charge >= 0.3 is 0 Å². The average Bonchev–Trinajstić information content (AvgIpc) is 2.55. The smallest absolute Gasteiger partial charge is 0.120 e. The van der Waals surface area contributed by atoms with Crippen molar-refractivity contribution in [3.05, 3.63) is 14.5 Å². The van der Waals surface area contributed by atoms with E-state index in [-0.39, 0.29) is 14.5 Å². The summed E-state index contributed by atoms with van der Waals surface area (Å²) in [6.07, 6.45) is -4.74. The highest BCUT2D eigenvalue weighted by Crippen LogP contribution is 2.43. The highest BCUT2D eigenvalue weighted by Gasteiger charge is 2.27. The van der Waals surface area contributed by atoms with E-state index in [0.29, 0.717) is 11.3 Å². The van der Waals surface area contributed by atoms with Crippen LogP contribution in [0.3, 0.4) is 0 Å². The second kappa shape index (κ2) is 2.31. The molecule has 0 N–H and O–H groups in total. The predicted molar refractivity (Wildman–Crippen MR) is 46.5 cm³/mol. The van der Waals surface area contributed by atoms with Gasteiger partial charge in [0, 0.05) is 21.7 Å². The summed E-state index contributed by atoms with van der Waals surface area (Å²) in [7, 11) is 0. The number of thiazole rings is 1. The molecule has 1 aliphatic rings. The van der Waals surface area contributed by atoms with Crippen molar-refractivity contribution < 1.29 is 11.0 Å². The van der Waals surface area contributed by atoms with Crippen LogP contribution in [0.15, 0.2) is 4.60 Å². The molecular formula is C7H8BrNS. The molecule has 0 aliphatic heterocycles. The Balaban J connectivity index is 2.51. The zero-order chi connectivity index (χ0) is 14.1. The van der Waals surface area contributed by atoms with Gasteiger partial charge in [-0.2, -0.15) is 0 Å². The summed E-state index contributed by atoms with van der Waals surface area (Å²) in [6.45, 7) is -2.42. The zero-order valence-electron chi connectivity index (χ0n) is 12.7. The minimum Gasteiger partial charge on any atom is -0.234 e. The summed E-state index contributed by atoms with van der Waals surface area (Å²) in [5, 5.41) is -0.157. The largest absolute Gasteiger partial charge is 0.234 e. The number of aryl methyl sites for hydroxylation is 1.